The number of nitrogens with one attached hydrogen (secondary N) is 2. The molecule has 98 valence electrons. The molecule has 2 aromatic rings. The highest BCUT2D eigenvalue weighted by Gasteiger charge is 2.10. The summed E-state index contributed by atoms with van der Waals surface area (Å²) in [6.45, 7) is 0. The maximum atomic E-state index is 12.0. The lowest BCUT2D eigenvalue weighted by molar-refractivity contribution is 0.102. The molecule has 4 N–H and O–H groups in total. The third-order valence-electron chi connectivity index (χ3n) is 2.07. The van der Waals surface area contributed by atoms with Gasteiger partial charge < -0.3 is 10.7 Å². The number of hydrogen-bond donors (Lipinski definition) is 3. The van der Waals surface area contributed by atoms with E-state index in [4.69, 9.17) is 17.4 Å². The molecule has 0 atom stereocenters. The van der Waals surface area contributed by atoms with E-state index in [0.717, 1.165) is 0 Å². The van der Waals surface area contributed by atoms with Gasteiger partial charge in [-0.05, 0) is 28.1 Å². The first-order chi connectivity index (χ1) is 9.08. The maximum absolute atomic E-state index is 12.0. The second-order valence-electron chi connectivity index (χ2n) is 3.39. The summed E-state index contributed by atoms with van der Waals surface area (Å²) in [5.74, 6) is 5.45. The summed E-state index contributed by atoms with van der Waals surface area (Å²) in [7, 11) is 0. The standard InChI is InChI=1S/C10H8BrClN6O/c11-6-3-15-9(4-14-6)17-10(19)5-1-7(12)16-8(2-5)18-13/h1-4H,13H2,(H,16,18)(H,15,17,19). The molecule has 0 unspecified atom stereocenters. The van der Waals surface area contributed by atoms with Crippen molar-refractivity contribution in [2.45, 2.75) is 0 Å². The first kappa shape index (κ1) is 13.7. The van der Waals surface area contributed by atoms with Crippen molar-refractivity contribution in [1.29, 1.82) is 0 Å². The summed E-state index contributed by atoms with van der Waals surface area (Å²) in [6.07, 6.45) is 2.90. The van der Waals surface area contributed by atoms with Crippen LogP contribution in [-0.2, 0) is 0 Å². The molecule has 0 aliphatic carbocycles. The van der Waals surface area contributed by atoms with Crippen LogP contribution in [0.25, 0.3) is 0 Å². The van der Waals surface area contributed by atoms with Crippen LogP contribution in [0.4, 0.5) is 11.6 Å². The van der Waals surface area contributed by atoms with Gasteiger partial charge in [-0.2, -0.15) is 0 Å². The fourth-order valence-electron chi connectivity index (χ4n) is 1.27. The van der Waals surface area contributed by atoms with E-state index in [9.17, 15) is 4.79 Å². The van der Waals surface area contributed by atoms with Crippen LogP contribution in [0, 0.1) is 0 Å². The van der Waals surface area contributed by atoms with E-state index in [-0.39, 0.29) is 5.15 Å². The molecule has 9 heteroatoms. The highest BCUT2D eigenvalue weighted by Crippen LogP contribution is 2.15. The summed E-state index contributed by atoms with van der Waals surface area (Å²) in [6, 6.07) is 2.89. The monoisotopic (exact) mass is 342 g/mol. The van der Waals surface area contributed by atoms with E-state index < -0.39 is 5.91 Å². The highest BCUT2D eigenvalue weighted by atomic mass is 79.9. The van der Waals surface area contributed by atoms with E-state index in [1.54, 1.807) is 0 Å². The molecule has 0 aliphatic heterocycles. The van der Waals surface area contributed by atoms with Crippen LogP contribution < -0.4 is 16.6 Å². The van der Waals surface area contributed by atoms with Gasteiger partial charge in [0, 0.05) is 5.56 Å². The van der Waals surface area contributed by atoms with Gasteiger partial charge in [-0.25, -0.2) is 20.8 Å². The Labute approximate surface area is 121 Å². The van der Waals surface area contributed by atoms with Crippen molar-refractivity contribution in [1.82, 2.24) is 15.0 Å². The van der Waals surface area contributed by atoms with Crippen LogP contribution >= 0.6 is 27.5 Å². The number of halogens is 2. The maximum Gasteiger partial charge on any atom is 0.257 e. The fourth-order valence-corrected chi connectivity index (χ4v) is 1.68. The van der Waals surface area contributed by atoms with Crippen LogP contribution in [0.1, 0.15) is 10.4 Å². The minimum absolute atomic E-state index is 0.155. The average molecular weight is 344 g/mol. The Hall–Kier alpha value is -1.77. The molecule has 0 aromatic carbocycles. The number of rotatable bonds is 3. The Morgan fingerprint density at radius 2 is 2.05 bits per heavy atom. The molecular formula is C10H8BrClN6O. The zero-order valence-corrected chi connectivity index (χ0v) is 11.7. The van der Waals surface area contributed by atoms with Crippen LogP contribution in [0.2, 0.25) is 5.15 Å². The molecule has 1 amide bonds. The number of pyridine rings is 1. The number of hydrazine groups is 1. The van der Waals surface area contributed by atoms with E-state index in [1.807, 2.05) is 0 Å². The minimum atomic E-state index is -0.391. The predicted octanol–water partition coefficient (Wildman–Crippen LogP) is 1.83. The van der Waals surface area contributed by atoms with Crippen molar-refractivity contribution in [2.75, 3.05) is 10.7 Å². The number of nitrogen functional groups attached to an aromatic ring is 1. The van der Waals surface area contributed by atoms with Crippen molar-refractivity contribution >= 4 is 45.1 Å². The van der Waals surface area contributed by atoms with Crippen molar-refractivity contribution in [3.63, 3.8) is 0 Å². The lowest BCUT2D eigenvalue weighted by Crippen LogP contribution is -2.15. The van der Waals surface area contributed by atoms with Crippen LogP contribution in [0.5, 0.6) is 0 Å². The predicted molar refractivity (Wildman–Crippen MR) is 74.7 cm³/mol. The minimum Gasteiger partial charge on any atom is -0.308 e. The number of nitrogens with two attached hydrogens (primary N) is 1. The average Bonchev–Trinajstić information content (AvgIpc) is 2.40. The molecule has 2 rings (SSSR count). The summed E-state index contributed by atoms with van der Waals surface area (Å²) in [5.41, 5.74) is 2.63. The lowest BCUT2D eigenvalue weighted by atomic mass is 10.2. The molecular weight excluding hydrogens is 336 g/mol. The van der Waals surface area contributed by atoms with Gasteiger partial charge in [0.2, 0.25) is 0 Å². The summed E-state index contributed by atoms with van der Waals surface area (Å²) in [4.78, 5) is 23.8. The molecule has 0 radical (unpaired) electrons. The molecule has 0 saturated heterocycles. The molecule has 19 heavy (non-hydrogen) atoms. The number of carbonyl (C=O) groups excluding carboxylic acids is 1. The largest absolute Gasteiger partial charge is 0.308 e. The molecule has 0 fully saturated rings. The SMILES string of the molecule is NNc1cc(C(=O)Nc2cnc(Br)cn2)cc(Cl)n1. The number of nitrogens with zero attached hydrogens (tertiary/aromatic N) is 3. The molecule has 0 aliphatic rings. The van der Waals surface area contributed by atoms with Gasteiger partial charge >= 0.3 is 0 Å². The topological polar surface area (TPSA) is 106 Å². The van der Waals surface area contributed by atoms with Gasteiger partial charge in [-0.1, -0.05) is 11.6 Å². The Kier molecular flexibility index (Phi) is 4.25. The van der Waals surface area contributed by atoms with Gasteiger partial charge in [0.25, 0.3) is 5.91 Å². The van der Waals surface area contributed by atoms with E-state index in [1.165, 1.54) is 24.5 Å². The number of aromatic nitrogens is 3. The molecule has 0 spiro atoms. The van der Waals surface area contributed by atoms with Gasteiger partial charge in [0.15, 0.2) is 5.82 Å². The summed E-state index contributed by atoms with van der Waals surface area (Å²) < 4.78 is 0.576. The van der Waals surface area contributed by atoms with Gasteiger partial charge in [-0.3, -0.25) is 4.79 Å². The molecule has 2 heterocycles. The van der Waals surface area contributed by atoms with Gasteiger partial charge in [0.1, 0.15) is 15.6 Å². The van der Waals surface area contributed by atoms with E-state index in [0.29, 0.717) is 21.8 Å². The van der Waals surface area contributed by atoms with Crippen molar-refractivity contribution < 1.29 is 4.79 Å². The third-order valence-corrected chi connectivity index (χ3v) is 2.67. The van der Waals surface area contributed by atoms with Crippen molar-refractivity contribution in [3.05, 3.63) is 39.8 Å². The second-order valence-corrected chi connectivity index (χ2v) is 4.59. The first-order valence-corrected chi connectivity index (χ1v) is 6.18. The third kappa shape index (κ3) is 3.60. The van der Waals surface area contributed by atoms with Crippen molar-refractivity contribution in [3.8, 4) is 0 Å². The zero-order valence-electron chi connectivity index (χ0n) is 9.39. The Morgan fingerprint density at radius 1 is 1.26 bits per heavy atom. The Balaban J connectivity index is 2.20. The van der Waals surface area contributed by atoms with Gasteiger partial charge in [0.05, 0.1) is 12.4 Å². The smallest absolute Gasteiger partial charge is 0.257 e. The lowest BCUT2D eigenvalue weighted by Gasteiger charge is -2.06. The quantitative estimate of drug-likeness (QED) is 0.446. The number of amides is 1. The molecule has 0 saturated carbocycles. The normalized spacial score (nSPS) is 10.1. The zero-order chi connectivity index (χ0) is 13.8. The molecule has 2 aromatic heterocycles. The van der Waals surface area contributed by atoms with Gasteiger partial charge in [-0.15, -0.1) is 0 Å². The number of anilines is 2. The molecule has 0 bridgehead atoms. The summed E-state index contributed by atoms with van der Waals surface area (Å²) in [5, 5.41) is 2.73. The van der Waals surface area contributed by atoms with Crippen molar-refractivity contribution in [2.24, 2.45) is 5.84 Å². The van der Waals surface area contributed by atoms with E-state index in [2.05, 4.69) is 41.6 Å². The fraction of sp³-hybridized carbons (Fsp3) is 0. The first-order valence-electron chi connectivity index (χ1n) is 5.01. The number of carbonyl (C=O) groups is 1. The second kappa shape index (κ2) is 5.91. The van der Waals surface area contributed by atoms with Crippen LogP contribution in [-0.4, -0.2) is 20.9 Å². The molecule has 7 nitrogen and oxygen atoms in total. The van der Waals surface area contributed by atoms with Crippen LogP contribution in [0.3, 0.4) is 0 Å². The Bertz CT molecular complexity index is 605. The highest BCUT2D eigenvalue weighted by molar-refractivity contribution is 9.10. The van der Waals surface area contributed by atoms with E-state index >= 15 is 0 Å². The Morgan fingerprint density at radius 3 is 2.68 bits per heavy atom. The van der Waals surface area contributed by atoms with Crippen LogP contribution in [0.15, 0.2) is 29.1 Å². The number of hydrogen-bond acceptors (Lipinski definition) is 6. The summed E-state index contributed by atoms with van der Waals surface area (Å²) >= 11 is 8.93.